The maximum Gasteiger partial charge on any atom is 0.149 e. The molecular weight excluding hydrogens is 222 g/mol. The van der Waals surface area contributed by atoms with E-state index in [2.05, 4.69) is 36.6 Å². The largest absolute Gasteiger partial charge is 1.00 e. The molecule has 16 heavy (non-hydrogen) atoms. The maximum atomic E-state index is 5.42. The third kappa shape index (κ3) is 5.65. The van der Waals surface area contributed by atoms with Crippen LogP contribution in [0.15, 0.2) is 24.3 Å². The van der Waals surface area contributed by atoms with E-state index in [0.717, 1.165) is 12.2 Å². The van der Waals surface area contributed by atoms with E-state index in [-0.39, 0.29) is 12.4 Å². The first kappa shape index (κ1) is 14.8. The average Bonchev–Trinajstić information content (AvgIpc) is 2.20. The van der Waals surface area contributed by atoms with Crippen molar-refractivity contribution in [2.75, 3.05) is 6.61 Å². The van der Waals surface area contributed by atoms with E-state index in [1.807, 2.05) is 19.1 Å². The summed E-state index contributed by atoms with van der Waals surface area (Å²) >= 11 is 0. The molecule has 0 aliphatic rings. The summed E-state index contributed by atoms with van der Waals surface area (Å²) < 4.78 is 5.42. The van der Waals surface area contributed by atoms with Crippen LogP contribution in [0, 0.1) is 11.8 Å². The molecule has 0 amide bonds. The van der Waals surface area contributed by atoms with E-state index in [4.69, 9.17) is 4.74 Å². The summed E-state index contributed by atoms with van der Waals surface area (Å²) in [6.07, 6.45) is 1.01. The van der Waals surface area contributed by atoms with Crippen molar-refractivity contribution in [3.05, 3.63) is 29.8 Å². The smallest absolute Gasteiger partial charge is 0.149 e. The fourth-order valence-corrected chi connectivity index (χ4v) is 1.32. The lowest BCUT2D eigenvalue weighted by atomic mass is 10.1. The standard InChI is InChI=1S/C13H17NO.ClH/c1-3-4-9-15-13-7-5-12(6-8-13)10-11(2)14;/h5-8,11H,9-10,14H2,1-2H3;1H/t11-;/m1./s1. The third-order valence-corrected chi connectivity index (χ3v) is 2.00. The summed E-state index contributed by atoms with van der Waals surface area (Å²) in [5, 5.41) is 0. The van der Waals surface area contributed by atoms with Crippen molar-refractivity contribution >= 4 is 0 Å². The molecule has 88 valence electrons. The first-order chi connectivity index (χ1) is 7.22. The van der Waals surface area contributed by atoms with Gasteiger partial charge in [0.2, 0.25) is 0 Å². The van der Waals surface area contributed by atoms with Gasteiger partial charge in [-0.15, -0.1) is 5.92 Å². The van der Waals surface area contributed by atoms with Crippen molar-refractivity contribution in [3.63, 3.8) is 0 Å². The SMILES string of the molecule is CC#CCOc1ccc(C[C@@H](C)[NH3+])cc1.[Cl-]. The lowest BCUT2D eigenvalue weighted by molar-refractivity contribution is -0.413. The quantitative estimate of drug-likeness (QED) is 0.623. The van der Waals surface area contributed by atoms with Gasteiger partial charge in [-0.1, -0.05) is 18.1 Å². The number of rotatable bonds is 4. The van der Waals surface area contributed by atoms with E-state index in [9.17, 15) is 0 Å². The predicted octanol–water partition coefficient (Wildman–Crippen LogP) is -1.73. The fourth-order valence-electron chi connectivity index (χ4n) is 1.32. The minimum absolute atomic E-state index is 0. The van der Waals surface area contributed by atoms with E-state index in [1.165, 1.54) is 5.56 Å². The summed E-state index contributed by atoms with van der Waals surface area (Å²) in [6.45, 7) is 4.38. The molecule has 0 spiro atoms. The Morgan fingerprint density at radius 3 is 2.44 bits per heavy atom. The molecule has 3 N–H and O–H groups in total. The average molecular weight is 240 g/mol. The Bertz CT molecular complexity index is 348. The first-order valence-corrected chi connectivity index (χ1v) is 5.17. The molecule has 0 aromatic heterocycles. The van der Waals surface area contributed by atoms with Gasteiger partial charge in [0, 0.05) is 6.42 Å². The number of hydrogen-bond acceptors (Lipinski definition) is 1. The molecule has 0 fully saturated rings. The van der Waals surface area contributed by atoms with Gasteiger partial charge < -0.3 is 22.9 Å². The van der Waals surface area contributed by atoms with Gasteiger partial charge >= 0.3 is 0 Å². The van der Waals surface area contributed by atoms with E-state index >= 15 is 0 Å². The van der Waals surface area contributed by atoms with Crippen LogP contribution in [-0.2, 0) is 6.42 Å². The van der Waals surface area contributed by atoms with Crippen molar-refractivity contribution in [1.29, 1.82) is 0 Å². The van der Waals surface area contributed by atoms with Crippen LogP contribution in [0.5, 0.6) is 5.75 Å². The van der Waals surface area contributed by atoms with Crippen molar-refractivity contribution in [2.45, 2.75) is 26.3 Å². The van der Waals surface area contributed by atoms with Gasteiger partial charge in [0.15, 0.2) is 0 Å². The molecular formula is C13H18ClNO. The lowest BCUT2D eigenvalue weighted by Crippen LogP contribution is -3.00. The summed E-state index contributed by atoms with van der Waals surface area (Å²) in [4.78, 5) is 0. The van der Waals surface area contributed by atoms with Gasteiger partial charge in [0.05, 0.1) is 6.04 Å². The molecule has 1 rings (SSSR count). The zero-order valence-corrected chi connectivity index (χ0v) is 10.6. The highest BCUT2D eigenvalue weighted by molar-refractivity contribution is 5.27. The van der Waals surface area contributed by atoms with Gasteiger partial charge in [0.25, 0.3) is 0 Å². The second-order valence-corrected chi connectivity index (χ2v) is 3.67. The summed E-state index contributed by atoms with van der Waals surface area (Å²) in [7, 11) is 0. The zero-order valence-electron chi connectivity index (χ0n) is 9.79. The normalized spacial score (nSPS) is 10.7. The fraction of sp³-hybridized carbons (Fsp3) is 0.385. The molecule has 3 heteroatoms. The second kappa shape index (κ2) is 8.04. The van der Waals surface area contributed by atoms with Crippen LogP contribution in [0.4, 0.5) is 0 Å². The van der Waals surface area contributed by atoms with Crippen LogP contribution in [0.1, 0.15) is 19.4 Å². The molecule has 0 aliphatic carbocycles. The molecule has 0 aliphatic heterocycles. The van der Waals surface area contributed by atoms with Crippen LogP contribution < -0.4 is 22.9 Å². The van der Waals surface area contributed by atoms with Crippen LogP contribution in [0.25, 0.3) is 0 Å². The molecule has 1 aromatic carbocycles. The number of quaternary nitrogens is 1. The van der Waals surface area contributed by atoms with Crippen molar-refractivity contribution in [3.8, 4) is 17.6 Å². The minimum atomic E-state index is 0. The topological polar surface area (TPSA) is 36.9 Å². The zero-order chi connectivity index (χ0) is 11.1. The van der Waals surface area contributed by atoms with Gasteiger partial charge in [-0.05, 0) is 31.5 Å². The number of hydrogen-bond donors (Lipinski definition) is 1. The minimum Gasteiger partial charge on any atom is -1.00 e. The van der Waals surface area contributed by atoms with Crippen molar-refractivity contribution in [1.82, 2.24) is 0 Å². The monoisotopic (exact) mass is 239 g/mol. The molecule has 0 radical (unpaired) electrons. The molecule has 1 aromatic rings. The summed E-state index contributed by atoms with van der Waals surface area (Å²) in [6, 6.07) is 8.57. The van der Waals surface area contributed by atoms with Crippen LogP contribution in [0.3, 0.4) is 0 Å². The van der Waals surface area contributed by atoms with E-state index in [0.29, 0.717) is 12.6 Å². The third-order valence-electron chi connectivity index (χ3n) is 2.00. The van der Waals surface area contributed by atoms with E-state index in [1.54, 1.807) is 0 Å². The Kier molecular flexibility index (Phi) is 7.45. The summed E-state index contributed by atoms with van der Waals surface area (Å²) in [5.41, 5.74) is 5.26. The highest BCUT2D eigenvalue weighted by Gasteiger charge is 2.00. The van der Waals surface area contributed by atoms with Crippen LogP contribution in [0.2, 0.25) is 0 Å². The summed E-state index contributed by atoms with van der Waals surface area (Å²) in [5.74, 6) is 6.53. The number of benzene rings is 1. The predicted molar refractivity (Wildman–Crippen MR) is 61.4 cm³/mol. The molecule has 0 saturated carbocycles. The van der Waals surface area contributed by atoms with Gasteiger partial charge in [-0.2, -0.15) is 0 Å². The lowest BCUT2D eigenvalue weighted by Gasteiger charge is -2.05. The molecule has 2 nitrogen and oxygen atoms in total. The highest BCUT2D eigenvalue weighted by Crippen LogP contribution is 2.12. The van der Waals surface area contributed by atoms with Gasteiger partial charge in [-0.25, -0.2) is 0 Å². The van der Waals surface area contributed by atoms with E-state index < -0.39 is 0 Å². The Morgan fingerprint density at radius 2 is 1.94 bits per heavy atom. The van der Waals surface area contributed by atoms with Crippen molar-refractivity contribution < 1.29 is 22.9 Å². The Labute approximate surface area is 104 Å². The number of ether oxygens (including phenoxy) is 1. The Morgan fingerprint density at radius 1 is 1.31 bits per heavy atom. The Hall–Kier alpha value is -1.17. The molecule has 0 saturated heterocycles. The van der Waals surface area contributed by atoms with Crippen LogP contribution >= 0.6 is 0 Å². The maximum absolute atomic E-state index is 5.42. The van der Waals surface area contributed by atoms with Crippen molar-refractivity contribution in [2.24, 2.45) is 0 Å². The van der Waals surface area contributed by atoms with Gasteiger partial charge in [-0.3, -0.25) is 0 Å². The second-order valence-electron chi connectivity index (χ2n) is 3.67. The molecule has 0 heterocycles. The Balaban J connectivity index is 0.00000225. The molecule has 1 atom stereocenters. The first-order valence-electron chi connectivity index (χ1n) is 5.17. The number of halogens is 1. The molecule has 0 unspecified atom stereocenters. The van der Waals surface area contributed by atoms with Crippen LogP contribution in [-0.4, -0.2) is 12.6 Å². The highest BCUT2D eigenvalue weighted by atomic mass is 35.5. The van der Waals surface area contributed by atoms with Gasteiger partial charge in [0.1, 0.15) is 12.4 Å². The molecule has 0 bridgehead atoms.